The fraction of sp³-hybridized carbons (Fsp3) is 0.500. The van der Waals surface area contributed by atoms with Crippen LogP contribution < -0.4 is 4.90 Å². The quantitative estimate of drug-likeness (QED) is 0.747. The van der Waals surface area contributed by atoms with E-state index in [2.05, 4.69) is 0 Å². The highest BCUT2D eigenvalue weighted by Crippen LogP contribution is 2.56. The van der Waals surface area contributed by atoms with Gasteiger partial charge in [0.2, 0.25) is 11.8 Å². The molecular weight excluding hydrogens is 295 g/mol. The number of halogens is 3. The number of nitrogens with zero attached hydrogens (tertiary/aromatic N) is 1. The van der Waals surface area contributed by atoms with Crippen LogP contribution in [0.2, 0.25) is 0 Å². The second-order valence-electron chi connectivity index (χ2n) is 6.44. The monoisotopic (exact) mass is 309 g/mol. The van der Waals surface area contributed by atoms with E-state index >= 15 is 0 Å². The average molecular weight is 309 g/mol. The molecule has 3 nitrogen and oxygen atoms in total. The molecule has 4 rings (SSSR count). The van der Waals surface area contributed by atoms with E-state index in [-0.39, 0.29) is 41.2 Å². The predicted molar refractivity (Wildman–Crippen MR) is 71.7 cm³/mol. The number of alkyl halides is 3. The van der Waals surface area contributed by atoms with E-state index in [0.717, 1.165) is 36.3 Å². The molecule has 3 fully saturated rings. The molecule has 0 aromatic heterocycles. The van der Waals surface area contributed by atoms with Crippen LogP contribution in [0, 0.1) is 23.7 Å². The van der Waals surface area contributed by atoms with Gasteiger partial charge in [0.15, 0.2) is 0 Å². The first-order valence-corrected chi connectivity index (χ1v) is 7.43. The maximum absolute atomic E-state index is 12.8. The molecule has 2 unspecified atom stereocenters. The lowest BCUT2D eigenvalue weighted by Crippen LogP contribution is -2.32. The van der Waals surface area contributed by atoms with Gasteiger partial charge in [-0.3, -0.25) is 14.5 Å². The summed E-state index contributed by atoms with van der Waals surface area (Å²) in [7, 11) is 0. The summed E-state index contributed by atoms with van der Waals surface area (Å²) in [5.41, 5.74) is -0.802. The number of hydrogen-bond acceptors (Lipinski definition) is 2. The van der Waals surface area contributed by atoms with Crippen LogP contribution in [0.15, 0.2) is 24.3 Å². The smallest absolute Gasteiger partial charge is 0.274 e. The molecule has 4 atom stereocenters. The van der Waals surface area contributed by atoms with Gasteiger partial charge in [-0.15, -0.1) is 0 Å². The third-order valence-electron chi connectivity index (χ3n) is 5.36. The highest BCUT2D eigenvalue weighted by atomic mass is 19.4. The van der Waals surface area contributed by atoms with Crippen LogP contribution >= 0.6 is 0 Å². The molecular formula is C16H14F3NO2. The molecule has 2 amide bonds. The predicted octanol–water partition coefficient (Wildman–Crippen LogP) is 3.24. The minimum atomic E-state index is -4.49. The number of imide groups is 1. The first kappa shape index (κ1) is 13.8. The molecule has 1 saturated heterocycles. The van der Waals surface area contributed by atoms with Gasteiger partial charge in [-0.05, 0) is 49.3 Å². The number of anilines is 1. The number of hydrogen-bond donors (Lipinski definition) is 0. The molecule has 1 heterocycles. The van der Waals surface area contributed by atoms with Gasteiger partial charge in [-0.2, -0.15) is 13.2 Å². The van der Waals surface area contributed by atoms with Gasteiger partial charge in [-0.25, -0.2) is 0 Å². The maximum atomic E-state index is 12.8. The van der Waals surface area contributed by atoms with Crippen molar-refractivity contribution >= 4 is 17.5 Å². The molecule has 22 heavy (non-hydrogen) atoms. The summed E-state index contributed by atoms with van der Waals surface area (Å²) in [6.07, 6.45) is -1.69. The van der Waals surface area contributed by atoms with Crippen LogP contribution in [0.1, 0.15) is 24.8 Å². The molecule has 1 aromatic rings. The second kappa shape index (κ2) is 4.33. The van der Waals surface area contributed by atoms with Crippen LogP contribution in [-0.4, -0.2) is 11.8 Å². The average Bonchev–Trinajstić information content (AvgIpc) is 3.12. The largest absolute Gasteiger partial charge is 0.416 e. The third-order valence-corrected chi connectivity index (χ3v) is 5.36. The number of fused-ring (bicyclic) bond motifs is 5. The first-order valence-electron chi connectivity index (χ1n) is 7.43. The van der Waals surface area contributed by atoms with E-state index in [1.807, 2.05) is 0 Å². The standard InChI is InChI=1S/C16H14F3NO2/c17-16(18,19)10-2-1-3-11(7-10)20-14(21)12-8-4-5-9(6-8)13(12)15(20)22/h1-3,7-9,12-13H,4-6H2/t8?,9?,12-,13+. The van der Waals surface area contributed by atoms with Crippen LogP contribution in [0.4, 0.5) is 18.9 Å². The van der Waals surface area contributed by atoms with Gasteiger partial charge < -0.3 is 0 Å². The first-order chi connectivity index (χ1) is 10.4. The van der Waals surface area contributed by atoms with E-state index in [1.54, 1.807) is 0 Å². The SMILES string of the molecule is O=C1[C@@H]2C3CCC(C3)[C@@H]2C(=O)N1c1cccc(C(F)(F)F)c1. The number of rotatable bonds is 1. The van der Waals surface area contributed by atoms with Crippen molar-refractivity contribution in [3.63, 3.8) is 0 Å². The van der Waals surface area contributed by atoms with Crippen LogP contribution in [0.25, 0.3) is 0 Å². The summed E-state index contributed by atoms with van der Waals surface area (Å²) in [5.74, 6) is -0.825. The number of amides is 2. The van der Waals surface area contributed by atoms with E-state index in [1.165, 1.54) is 12.1 Å². The molecule has 3 aliphatic rings. The normalized spacial score (nSPS) is 33.7. The molecule has 0 spiro atoms. The van der Waals surface area contributed by atoms with Gasteiger partial charge in [0.05, 0.1) is 23.1 Å². The summed E-state index contributed by atoms with van der Waals surface area (Å²) >= 11 is 0. The molecule has 2 saturated carbocycles. The lowest BCUT2D eigenvalue weighted by Gasteiger charge is -2.19. The Hall–Kier alpha value is -1.85. The Balaban J connectivity index is 1.72. The summed E-state index contributed by atoms with van der Waals surface area (Å²) in [6, 6.07) is 4.47. The zero-order chi connectivity index (χ0) is 15.6. The van der Waals surface area contributed by atoms with Crippen molar-refractivity contribution in [3.8, 4) is 0 Å². The van der Waals surface area contributed by atoms with Crippen LogP contribution in [0.3, 0.4) is 0 Å². The Labute approximate surface area is 125 Å². The van der Waals surface area contributed by atoms with Gasteiger partial charge in [0.1, 0.15) is 0 Å². The van der Waals surface area contributed by atoms with Gasteiger partial charge in [-0.1, -0.05) is 6.07 Å². The van der Waals surface area contributed by atoms with Crippen molar-refractivity contribution in [1.29, 1.82) is 0 Å². The van der Waals surface area contributed by atoms with Crippen molar-refractivity contribution in [3.05, 3.63) is 29.8 Å². The summed E-state index contributed by atoms with van der Waals surface area (Å²) < 4.78 is 38.5. The molecule has 0 N–H and O–H groups in total. The Kier molecular flexibility index (Phi) is 2.72. The zero-order valence-electron chi connectivity index (χ0n) is 11.6. The fourth-order valence-electron chi connectivity index (χ4n) is 4.48. The highest BCUT2D eigenvalue weighted by molar-refractivity contribution is 6.22. The summed E-state index contributed by atoms with van der Waals surface area (Å²) in [5, 5.41) is 0. The topological polar surface area (TPSA) is 37.4 Å². The molecule has 116 valence electrons. The van der Waals surface area contributed by atoms with Crippen molar-refractivity contribution in [1.82, 2.24) is 0 Å². The maximum Gasteiger partial charge on any atom is 0.416 e. The van der Waals surface area contributed by atoms with Crippen molar-refractivity contribution < 1.29 is 22.8 Å². The number of carbonyl (C=O) groups excluding carboxylic acids is 2. The third kappa shape index (κ3) is 1.76. The molecule has 1 aromatic carbocycles. The molecule has 2 aliphatic carbocycles. The number of carbonyl (C=O) groups is 2. The lowest BCUT2D eigenvalue weighted by molar-refractivity contribution is -0.137. The Bertz CT molecular complexity index is 642. The fourth-order valence-corrected chi connectivity index (χ4v) is 4.48. The van der Waals surface area contributed by atoms with Gasteiger partial charge in [0.25, 0.3) is 0 Å². The number of benzene rings is 1. The molecule has 1 aliphatic heterocycles. The Morgan fingerprint density at radius 2 is 1.59 bits per heavy atom. The van der Waals surface area contributed by atoms with Crippen molar-refractivity contribution in [2.75, 3.05) is 4.90 Å². The van der Waals surface area contributed by atoms with E-state index in [9.17, 15) is 22.8 Å². The highest BCUT2D eigenvalue weighted by Gasteiger charge is 2.61. The van der Waals surface area contributed by atoms with E-state index in [0.29, 0.717) is 0 Å². The summed E-state index contributed by atoms with van der Waals surface area (Å²) in [6.45, 7) is 0. The van der Waals surface area contributed by atoms with Gasteiger partial charge >= 0.3 is 6.18 Å². The zero-order valence-corrected chi connectivity index (χ0v) is 11.6. The Morgan fingerprint density at radius 3 is 2.14 bits per heavy atom. The minimum Gasteiger partial charge on any atom is -0.274 e. The van der Waals surface area contributed by atoms with Gasteiger partial charge in [0, 0.05) is 0 Å². The molecule has 0 radical (unpaired) electrons. The van der Waals surface area contributed by atoms with E-state index < -0.39 is 11.7 Å². The van der Waals surface area contributed by atoms with E-state index in [4.69, 9.17) is 0 Å². The Morgan fingerprint density at radius 1 is 1.00 bits per heavy atom. The second-order valence-corrected chi connectivity index (χ2v) is 6.44. The van der Waals surface area contributed by atoms with Crippen molar-refractivity contribution in [2.45, 2.75) is 25.4 Å². The van der Waals surface area contributed by atoms with Crippen molar-refractivity contribution in [2.24, 2.45) is 23.7 Å². The molecule has 6 heteroatoms. The molecule has 2 bridgehead atoms. The summed E-state index contributed by atoms with van der Waals surface area (Å²) in [4.78, 5) is 26.1. The van der Waals surface area contributed by atoms with Crippen LogP contribution in [-0.2, 0) is 15.8 Å². The minimum absolute atomic E-state index is 0.0404. The lowest BCUT2D eigenvalue weighted by atomic mass is 9.81. The van der Waals surface area contributed by atoms with Crippen LogP contribution in [0.5, 0.6) is 0 Å².